The van der Waals surface area contributed by atoms with E-state index in [9.17, 15) is 4.39 Å². The van der Waals surface area contributed by atoms with Gasteiger partial charge in [-0.25, -0.2) is 19.3 Å². The summed E-state index contributed by atoms with van der Waals surface area (Å²) in [4.78, 5) is 14.3. The van der Waals surface area contributed by atoms with Crippen LogP contribution >= 0.6 is 11.3 Å². The monoisotopic (exact) mass is 384 g/mol. The van der Waals surface area contributed by atoms with Crippen molar-refractivity contribution in [3.8, 4) is 0 Å². The van der Waals surface area contributed by atoms with Gasteiger partial charge in [-0.05, 0) is 38.5 Å². The molecule has 0 radical (unpaired) electrons. The van der Waals surface area contributed by atoms with Crippen molar-refractivity contribution in [1.29, 1.82) is 0 Å². The predicted octanol–water partition coefficient (Wildman–Crippen LogP) is 4.96. The number of hydrogen-bond donors (Lipinski definition) is 2. The lowest BCUT2D eigenvalue weighted by atomic mass is 10.2. The Bertz CT molecular complexity index is 1090. The molecule has 0 amide bonds. The van der Waals surface area contributed by atoms with Crippen LogP contribution in [0.1, 0.15) is 22.8 Å². The van der Waals surface area contributed by atoms with Crippen LogP contribution in [0.4, 0.5) is 26.7 Å². The van der Waals surface area contributed by atoms with Crippen molar-refractivity contribution in [3.63, 3.8) is 0 Å². The zero-order valence-electron chi connectivity index (χ0n) is 15.0. The van der Waals surface area contributed by atoms with Gasteiger partial charge < -0.3 is 15.2 Å². The van der Waals surface area contributed by atoms with Crippen LogP contribution in [-0.4, -0.2) is 20.1 Å². The second kappa shape index (κ2) is 6.92. The molecule has 0 fully saturated rings. The first-order valence-corrected chi connectivity index (χ1v) is 9.12. The molecule has 0 aliphatic heterocycles. The van der Waals surface area contributed by atoms with Gasteiger partial charge in [-0.1, -0.05) is 28.6 Å². The lowest BCUT2D eigenvalue weighted by Crippen LogP contribution is -1.98. The molecule has 27 heavy (non-hydrogen) atoms. The number of fused-ring (bicyclic) bond motifs is 1. The molecule has 0 bridgehead atoms. The first-order valence-electron chi connectivity index (χ1n) is 8.30. The van der Waals surface area contributed by atoms with Gasteiger partial charge in [-0.2, -0.15) is 0 Å². The molecule has 0 aliphatic carbocycles. The Morgan fingerprint density at radius 1 is 1.04 bits per heavy atom. The van der Waals surface area contributed by atoms with E-state index in [1.807, 2.05) is 32.9 Å². The van der Waals surface area contributed by atoms with E-state index >= 15 is 0 Å². The predicted molar refractivity (Wildman–Crippen MR) is 104 cm³/mol. The molecular weight excluding hydrogens is 367 g/mol. The number of thiazole rings is 1. The molecule has 0 spiro atoms. The summed E-state index contributed by atoms with van der Waals surface area (Å²) in [5.41, 5.74) is 3.66. The number of nitrogens with one attached hydrogen (secondary N) is 2. The number of rotatable bonds is 5. The maximum absolute atomic E-state index is 12.7. The van der Waals surface area contributed by atoms with E-state index in [0.29, 0.717) is 33.6 Å². The smallest absolute Gasteiger partial charge is 0.190 e. The fraction of sp³-hybridized carbons (Fsp3) is 0.222. The Labute approximate surface area is 158 Å². The third-order valence-electron chi connectivity index (χ3n) is 4.01. The molecule has 3 aromatic heterocycles. The highest BCUT2D eigenvalue weighted by Crippen LogP contribution is 2.33. The average Bonchev–Trinajstić information content (AvgIpc) is 3.20. The molecule has 0 saturated heterocycles. The number of halogens is 1. The molecule has 0 saturated carbocycles. The minimum Gasteiger partial charge on any atom is -0.359 e. The maximum Gasteiger partial charge on any atom is 0.190 e. The molecule has 1 aromatic carbocycles. The van der Waals surface area contributed by atoms with E-state index in [1.165, 1.54) is 11.3 Å². The first-order chi connectivity index (χ1) is 13.0. The molecule has 4 rings (SSSR count). The van der Waals surface area contributed by atoms with Crippen LogP contribution in [0.3, 0.4) is 0 Å². The Balaban J connectivity index is 1.69. The van der Waals surface area contributed by atoms with Crippen molar-refractivity contribution in [2.24, 2.45) is 0 Å². The quantitative estimate of drug-likeness (QED) is 0.503. The highest BCUT2D eigenvalue weighted by atomic mass is 32.1. The van der Waals surface area contributed by atoms with E-state index in [0.717, 1.165) is 21.9 Å². The number of aryl methyl sites for hydroxylation is 3. The van der Waals surface area contributed by atoms with Gasteiger partial charge in [-0.3, -0.25) is 0 Å². The number of nitrogens with zero attached hydrogens (tertiary/aromatic N) is 4. The maximum atomic E-state index is 12.7. The number of anilines is 4. The van der Waals surface area contributed by atoms with Crippen LogP contribution in [-0.2, 0) is 6.67 Å². The van der Waals surface area contributed by atoms with E-state index in [2.05, 4.69) is 30.7 Å². The van der Waals surface area contributed by atoms with Gasteiger partial charge in [0.05, 0.1) is 0 Å². The Morgan fingerprint density at radius 2 is 1.81 bits per heavy atom. The summed E-state index contributed by atoms with van der Waals surface area (Å²) in [6, 6.07) is 7.10. The lowest BCUT2D eigenvalue weighted by molar-refractivity contribution is 0.393. The van der Waals surface area contributed by atoms with Gasteiger partial charge >= 0.3 is 0 Å². The highest BCUT2D eigenvalue weighted by molar-refractivity contribution is 7.21. The van der Waals surface area contributed by atoms with Crippen LogP contribution in [0.2, 0.25) is 0 Å². The fourth-order valence-corrected chi connectivity index (χ4v) is 3.54. The van der Waals surface area contributed by atoms with Crippen molar-refractivity contribution in [1.82, 2.24) is 20.1 Å². The Morgan fingerprint density at radius 3 is 2.48 bits per heavy atom. The Kier molecular flexibility index (Phi) is 4.44. The van der Waals surface area contributed by atoms with Gasteiger partial charge in [-0.15, -0.1) is 0 Å². The molecule has 9 heteroatoms. The fourth-order valence-electron chi connectivity index (χ4n) is 2.65. The SMILES string of the molecule is Cc1nc(Nc2ccc(CF)cc2)c2nc(Nc3c(C)noc3C)sc2n1. The van der Waals surface area contributed by atoms with E-state index in [4.69, 9.17) is 4.52 Å². The van der Waals surface area contributed by atoms with Crippen molar-refractivity contribution < 1.29 is 8.91 Å². The minimum absolute atomic E-state index is 0.486. The molecule has 4 aromatic rings. The molecule has 2 N–H and O–H groups in total. The van der Waals surface area contributed by atoms with Gasteiger partial charge in [0.2, 0.25) is 0 Å². The number of hydrogen-bond acceptors (Lipinski definition) is 8. The standard InChI is InChI=1S/C18H17FN6OS/c1-9-14(10(2)26-25-9)23-18-24-15-16(20-11(3)21-17(15)27-18)22-13-6-4-12(8-19)5-7-13/h4-7H,8H2,1-3H3,(H,23,24)(H,20,21,22). The van der Waals surface area contributed by atoms with Gasteiger partial charge in [0, 0.05) is 5.69 Å². The molecule has 0 aliphatic rings. The van der Waals surface area contributed by atoms with Crippen molar-refractivity contribution in [3.05, 3.63) is 47.1 Å². The normalized spacial score (nSPS) is 11.1. The summed E-state index contributed by atoms with van der Waals surface area (Å²) in [6.45, 7) is 5.05. The third-order valence-corrected chi connectivity index (χ3v) is 4.87. The van der Waals surface area contributed by atoms with Crippen molar-refractivity contribution >= 4 is 44.0 Å². The molecule has 7 nitrogen and oxygen atoms in total. The molecular formula is C18H17FN6OS. The van der Waals surface area contributed by atoms with Gasteiger partial charge in [0.25, 0.3) is 0 Å². The summed E-state index contributed by atoms with van der Waals surface area (Å²) >= 11 is 1.43. The van der Waals surface area contributed by atoms with Crippen LogP contribution in [0, 0.1) is 20.8 Å². The Hall–Kier alpha value is -3.07. The number of alkyl halides is 1. The number of benzene rings is 1. The summed E-state index contributed by atoms with van der Waals surface area (Å²) in [7, 11) is 0. The summed E-state index contributed by atoms with van der Waals surface area (Å²) in [5, 5.41) is 11.1. The first kappa shape index (κ1) is 17.3. The zero-order chi connectivity index (χ0) is 19.0. The molecule has 3 heterocycles. The third kappa shape index (κ3) is 3.45. The van der Waals surface area contributed by atoms with E-state index in [1.54, 1.807) is 12.1 Å². The summed E-state index contributed by atoms with van der Waals surface area (Å²) < 4.78 is 17.9. The molecule has 0 unspecified atom stereocenters. The summed E-state index contributed by atoms with van der Waals surface area (Å²) in [6.07, 6.45) is 0. The lowest BCUT2D eigenvalue weighted by Gasteiger charge is -2.07. The average molecular weight is 384 g/mol. The topological polar surface area (TPSA) is 88.8 Å². The van der Waals surface area contributed by atoms with Crippen LogP contribution in [0.25, 0.3) is 10.3 Å². The van der Waals surface area contributed by atoms with Crippen LogP contribution < -0.4 is 10.6 Å². The van der Waals surface area contributed by atoms with E-state index < -0.39 is 6.67 Å². The van der Waals surface area contributed by atoms with Gasteiger partial charge in [0.15, 0.2) is 21.5 Å². The van der Waals surface area contributed by atoms with Crippen LogP contribution in [0.15, 0.2) is 28.8 Å². The second-order valence-corrected chi connectivity index (χ2v) is 7.05. The zero-order valence-corrected chi connectivity index (χ0v) is 15.8. The van der Waals surface area contributed by atoms with Gasteiger partial charge in [0.1, 0.15) is 29.4 Å². The van der Waals surface area contributed by atoms with Crippen molar-refractivity contribution in [2.45, 2.75) is 27.4 Å². The summed E-state index contributed by atoms with van der Waals surface area (Å²) in [5.74, 6) is 1.94. The number of aromatic nitrogens is 4. The molecule has 0 atom stereocenters. The van der Waals surface area contributed by atoms with E-state index in [-0.39, 0.29) is 0 Å². The van der Waals surface area contributed by atoms with Crippen molar-refractivity contribution in [2.75, 3.05) is 10.6 Å². The molecule has 138 valence electrons. The van der Waals surface area contributed by atoms with Crippen LogP contribution in [0.5, 0.6) is 0 Å². The minimum atomic E-state index is -0.486. The largest absolute Gasteiger partial charge is 0.359 e. The second-order valence-electron chi connectivity index (χ2n) is 6.07. The highest BCUT2D eigenvalue weighted by Gasteiger charge is 2.15.